The summed E-state index contributed by atoms with van der Waals surface area (Å²) < 4.78 is 37.1. The lowest BCUT2D eigenvalue weighted by atomic mass is 9.98. The van der Waals surface area contributed by atoms with Gasteiger partial charge in [-0.1, -0.05) is 12.1 Å². The van der Waals surface area contributed by atoms with Gasteiger partial charge in [-0.15, -0.1) is 0 Å². The second kappa shape index (κ2) is 7.10. The molecule has 9 heteroatoms. The Balaban J connectivity index is 1.76. The van der Waals surface area contributed by atoms with Crippen molar-refractivity contribution in [3.8, 4) is 0 Å². The second-order valence-electron chi connectivity index (χ2n) is 7.35. The van der Waals surface area contributed by atoms with E-state index in [1.165, 1.54) is 11.9 Å². The van der Waals surface area contributed by atoms with E-state index < -0.39 is 30.7 Å². The number of anilines is 1. The van der Waals surface area contributed by atoms with E-state index in [1.807, 2.05) is 0 Å². The molecule has 2 aliphatic heterocycles. The Morgan fingerprint density at radius 2 is 1.93 bits per heavy atom. The molecule has 0 aromatic heterocycles. The molecule has 0 spiro atoms. The van der Waals surface area contributed by atoms with Crippen LogP contribution in [0.15, 0.2) is 24.3 Å². The second-order valence-corrected chi connectivity index (χ2v) is 7.35. The molecule has 0 bridgehead atoms. The Labute approximate surface area is 160 Å². The first-order valence-electron chi connectivity index (χ1n) is 9.09. The van der Waals surface area contributed by atoms with Crippen LogP contribution in [0.2, 0.25) is 0 Å². The van der Waals surface area contributed by atoms with Crippen molar-refractivity contribution in [1.29, 1.82) is 0 Å². The number of amides is 3. The molecule has 28 heavy (non-hydrogen) atoms. The molecule has 3 amide bonds. The molecule has 6 nitrogen and oxygen atoms in total. The van der Waals surface area contributed by atoms with Gasteiger partial charge in [-0.2, -0.15) is 13.2 Å². The van der Waals surface area contributed by atoms with Crippen molar-refractivity contribution in [3.05, 3.63) is 29.8 Å². The van der Waals surface area contributed by atoms with Gasteiger partial charge in [0.25, 0.3) is 5.91 Å². The summed E-state index contributed by atoms with van der Waals surface area (Å²) in [5, 5.41) is 0. The average Bonchev–Trinajstić information content (AvgIpc) is 2.94. The highest BCUT2D eigenvalue weighted by molar-refractivity contribution is 6.10. The van der Waals surface area contributed by atoms with Crippen LogP contribution >= 0.6 is 0 Å². The summed E-state index contributed by atoms with van der Waals surface area (Å²) in [4.78, 5) is 41.9. The van der Waals surface area contributed by atoms with Crippen LogP contribution in [-0.2, 0) is 9.59 Å². The number of rotatable bonds is 5. The highest BCUT2D eigenvalue weighted by atomic mass is 19.4. The van der Waals surface area contributed by atoms with E-state index in [0.717, 1.165) is 4.90 Å². The molecule has 1 atom stereocenters. The molecule has 0 radical (unpaired) electrons. The van der Waals surface area contributed by atoms with Gasteiger partial charge in [0.05, 0.1) is 17.7 Å². The minimum Gasteiger partial charge on any atom is -0.345 e. The quantitative estimate of drug-likeness (QED) is 0.768. The number of fused-ring (bicyclic) bond motifs is 3. The monoisotopic (exact) mass is 397 g/mol. The highest BCUT2D eigenvalue weighted by Crippen LogP contribution is 2.43. The van der Waals surface area contributed by atoms with E-state index in [4.69, 9.17) is 0 Å². The van der Waals surface area contributed by atoms with Gasteiger partial charge < -0.3 is 9.80 Å². The number of nitrogens with zero attached hydrogens (tertiary/aromatic N) is 3. The van der Waals surface area contributed by atoms with Crippen molar-refractivity contribution < 1.29 is 27.6 Å². The molecule has 0 saturated carbocycles. The smallest absolute Gasteiger partial charge is 0.345 e. The lowest BCUT2D eigenvalue weighted by Crippen LogP contribution is -2.62. The third-order valence-electron chi connectivity index (χ3n) is 5.45. The fourth-order valence-electron chi connectivity index (χ4n) is 3.86. The third-order valence-corrected chi connectivity index (χ3v) is 5.45. The maximum Gasteiger partial charge on any atom is 0.390 e. The van der Waals surface area contributed by atoms with Gasteiger partial charge in [0.1, 0.15) is 5.66 Å². The molecular formula is C19H22F3N3O3. The van der Waals surface area contributed by atoms with Crippen molar-refractivity contribution >= 4 is 23.4 Å². The SMILES string of the molecule is CN(CCC(F)(F)F)C(=O)CCN1C(=O)c2ccccc2N2C(=O)CCC12C. The summed E-state index contributed by atoms with van der Waals surface area (Å²) in [6, 6.07) is 6.82. The zero-order valence-corrected chi connectivity index (χ0v) is 15.8. The topological polar surface area (TPSA) is 60.9 Å². The largest absolute Gasteiger partial charge is 0.390 e. The predicted molar refractivity (Wildman–Crippen MR) is 95.5 cm³/mol. The van der Waals surface area contributed by atoms with Crippen LogP contribution in [-0.4, -0.2) is 59.5 Å². The van der Waals surface area contributed by atoms with Gasteiger partial charge in [0.15, 0.2) is 0 Å². The zero-order chi connectivity index (χ0) is 20.7. The lowest BCUT2D eigenvalue weighted by molar-refractivity contribution is -0.144. The number of halogens is 3. The highest BCUT2D eigenvalue weighted by Gasteiger charge is 2.52. The number of benzene rings is 1. The van der Waals surface area contributed by atoms with Gasteiger partial charge >= 0.3 is 6.18 Å². The first-order valence-corrected chi connectivity index (χ1v) is 9.09. The average molecular weight is 397 g/mol. The molecule has 1 fully saturated rings. The molecule has 1 unspecified atom stereocenters. The number of alkyl halides is 3. The maximum absolute atomic E-state index is 13.0. The number of carbonyl (C=O) groups is 3. The normalized spacial score (nSPS) is 21.6. The van der Waals surface area contributed by atoms with Crippen molar-refractivity contribution in [1.82, 2.24) is 9.80 Å². The number of para-hydroxylation sites is 1. The fourth-order valence-corrected chi connectivity index (χ4v) is 3.86. The Morgan fingerprint density at radius 1 is 1.25 bits per heavy atom. The summed E-state index contributed by atoms with van der Waals surface area (Å²) >= 11 is 0. The van der Waals surface area contributed by atoms with Crippen molar-refractivity contribution in [2.24, 2.45) is 0 Å². The molecule has 1 saturated heterocycles. The van der Waals surface area contributed by atoms with Crippen LogP contribution in [0.5, 0.6) is 0 Å². The van der Waals surface area contributed by atoms with Crippen LogP contribution in [0, 0.1) is 0 Å². The summed E-state index contributed by atoms with van der Waals surface area (Å²) in [5.41, 5.74) is 0.0586. The molecule has 1 aromatic rings. The Hall–Kier alpha value is -2.58. The molecule has 1 aromatic carbocycles. The molecule has 2 aliphatic rings. The Kier molecular flexibility index (Phi) is 5.12. The Morgan fingerprint density at radius 3 is 2.61 bits per heavy atom. The summed E-state index contributed by atoms with van der Waals surface area (Å²) in [7, 11) is 1.31. The minimum atomic E-state index is -4.33. The molecule has 152 valence electrons. The van der Waals surface area contributed by atoms with E-state index in [-0.39, 0.29) is 31.2 Å². The summed E-state index contributed by atoms with van der Waals surface area (Å²) in [5.74, 6) is -0.855. The van der Waals surface area contributed by atoms with Gasteiger partial charge in [-0.05, 0) is 25.5 Å². The van der Waals surface area contributed by atoms with Gasteiger partial charge in [0, 0.05) is 33.0 Å². The van der Waals surface area contributed by atoms with Gasteiger partial charge in [0.2, 0.25) is 11.8 Å². The standard InChI is InChI=1S/C19H22F3N3O3/c1-18-9-7-16(27)25(18)14-6-4-3-5-13(14)17(28)24(18)11-8-15(26)23(2)12-10-19(20,21)22/h3-6H,7-12H2,1-2H3. The maximum atomic E-state index is 13.0. The Bertz CT molecular complexity index is 811. The molecule has 2 heterocycles. The van der Waals surface area contributed by atoms with Crippen LogP contribution in [0.4, 0.5) is 18.9 Å². The molecule has 3 rings (SSSR count). The van der Waals surface area contributed by atoms with Crippen molar-refractivity contribution in [2.45, 2.75) is 44.4 Å². The number of carbonyl (C=O) groups excluding carboxylic acids is 3. The summed E-state index contributed by atoms with van der Waals surface area (Å²) in [6.45, 7) is 1.38. The lowest BCUT2D eigenvalue weighted by Gasteiger charge is -2.48. The van der Waals surface area contributed by atoms with Crippen LogP contribution in [0.25, 0.3) is 0 Å². The minimum absolute atomic E-state index is 0.0304. The van der Waals surface area contributed by atoms with Crippen LogP contribution in [0.3, 0.4) is 0 Å². The molecular weight excluding hydrogens is 375 g/mol. The molecule has 0 aliphatic carbocycles. The first-order chi connectivity index (χ1) is 13.0. The number of hydrogen-bond donors (Lipinski definition) is 0. The van der Waals surface area contributed by atoms with Gasteiger partial charge in [-0.25, -0.2) is 0 Å². The predicted octanol–water partition coefficient (Wildman–Crippen LogP) is 2.79. The van der Waals surface area contributed by atoms with Gasteiger partial charge in [-0.3, -0.25) is 19.3 Å². The number of hydrogen-bond acceptors (Lipinski definition) is 3. The fraction of sp³-hybridized carbons (Fsp3) is 0.526. The van der Waals surface area contributed by atoms with Crippen molar-refractivity contribution in [2.75, 3.05) is 25.0 Å². The van der Waals surface area contributed by atoms with E-state index in [1.54, 1.807) is 36.1 Å². The summed E-state index contributed by atoms with van der Waals surface area (Å²) in [6.07, 6.45) is -4.80. The van der Waals surface area contributed by atoms with E-state index in [0.29, 0.717) is 17.7 Å². The molecule has 0 N–H and O–H groups in total. The first kappa shape index (κ1) is 20.2. The van der Waals surface area contributed by atoms with Crippen molar-refractivity contribution in [3.63, 3.8) is 0 Å². The van der Waals surface area contributed by atoms with E-state index >= 15 is 0 Å². The van der Waals surface area contributed by atoms with E-state index in [2.05, 4.69) is 0 Å². The van der Waals surface area contributed by atoms with E-state index in [9.17, 15) is 27.6 Å². The zero-order valence-electron chi connectivity index (χ0n) is 15.8. The van der Waals surface area contributed by atoms with Crippen LogP contribution < -0.4 is 4.90 Å². The van der Waals surface area contributed by atoms with Crippen LogP contribution in [0.1, 0.15) is 43.0 Å². The third kappa shape index (κ3) is 3.57.